The number of nitrogens with one attached hydrogen (secondary N) is 2. The zero-order valence-corrected chi connectivity index (χ0v) is 19.8. The molecule has 8 heteroatoms. The fraction of sp³-hybridized carbons (Fsp3) is 0.423. The standard InChI is InChI=1S/C26H33FN4O3/c1-3-4-14-24(32)31-16-15-30(18-19(31)2)25(33)23(17-20-10-6-5-7-11-20)29-26(34)28-22-13-9-8-12-21(22)27/h5-13,19,23H,3-4,14-18H2,1-2H3,(H2,28,29,34). The maximum atomic E-state index is 14.0. The van der Waals surface area contributed by atoms with Crippen LogP contribution in [0.25, 0.3) is 0 Å². The molecule has 2 aromatic carbocycles. The minimum Gasteiger partial charge on any atom is -0.337 e. The van der Waals surface area contributed by atoms with E-state index < -0.39 is 17.9 Å². The van der Waals surface area contributed by atoms with Crippen molar-refractivity contribution in [3.8, 4) is 0 Å². The second kappa shape index (κ2) is 12.2. The Balaban J connectivity index is 1.69. The number of amides is 4. The van der Waals surface area contributed by atoms with Gasteiger partial charge in [0.2, 0.25) is 11.8 Å². The molecule has 2 aromatic rings. The number of rotatable bonds is 8. The lowest BCUT2D eigenvalue weighted by Gasteiger charge is -2.41. The first-order chi connectivity index (χ1) is 16.4. The molecule has 2 unspecified atom stereocenters. The van der Waals surface area contributed by atoms with Gasteiger partial charge in [0.25, 0.3) is 0 Å². The van der Waals surface area contributed by atoms with Gasteiger partial charge >= 0.3 is 6.03 Å². The summed E-state index contributed by atoms with van der Waals surface area (Å²) < 4.78 is 14.0. The van der Waals surface area contributed by atoms with Crippen molar-refractivity contribution in [2.45, 2.75) is 51.6 Å². The lowest BCUT2D eigenvalue weighted by molar-refractivity contribution is -0.143. The molecular formula is C26H33FN4O3. The molecule has 1 aliphatic rings. The maximum absolute atomic E-state index is 14.0. The molecular weight excluding hydrogens is 435 g/mol. The average molecular weight is 469 g/mol. The molecule has 0 saturated carbocycles. The van der Waals surface area contributed by atoms with E-state index in [2.05, 4.69) is 17.6 Å². The first-order valence-corrected chi connectivity index (χ1v) is 11.8. The summed E-state index contributed by atoms with van der Waals surface area (Å²) in [5.41, 5.74) is 0.937. The number of hydrogen-bond donors (Lipinski definition) is 2. The van der Waals surface area contributed by atoms with Crippen LogP contribution >= 0.6 is 0 Å². The summed E-state index contributed by atoms with van der Waals surface area (Å²) in [4.78, 5) is 42.1. The topological polar surface area (TPSA) is 81.8 Å². The normalized spacial score (nSPS) is 16.6. The Morgan fingerprint density at radius 2 is 1.76 bits per heavy atom. The van der Waals surface area contributed by atoms with Gasteiger partial charge < -0.3 is 20.4 Å². The summed E-state index contributed by atoms with van der Waals surface area (Å²) in [7, 11) is 0. The van der Waals surface area contributed by atoms with Crippen LogP contribution in [-0.2, 0) is 16.0 Å². The number of nitrogens with zero attached hydrogens (tertiary/aromatic N) is 2. The Kier molecular flexibility index (Phi) is 9.01. The number of hydrogen-bond acceptors (Lipinski definition) is 3. The van der Waals surface area contributed by atoms with E-state index in [1.54, 1.807) is 11.0 Å². The number of carbonyl (C=O) groups excluding carboxylic acids is 3. The smallest absolute Gasteiger partial charge is 0.319 e. The monoisotopic (exact) mass is 468 g/mol. The Morgan fingerprint density at radius 1 is 1.06 bits per heavy atom. The molecule has 1 heterocycles. The minimum atomic E-state index is -0.830. The molecule has 2 atom stereocenters. The summed E-state index contributed by atoms with van der Waals surface area (Å²) in [5, 5.41) is 5.21. The average Bonchev–Trinajstić information content (AvgIpc) is 2.83. The highest BCUT2D eigenvalue weighted by Crippen LogP contribution is 2.16. The second-order valence-corrected chi connectivity index (χ2v) is 8.64. The van der Waals surface area contributed by atoms with Gasteiger partial charge in [0.05, 0.1) is 5.69 Å². The molecule has 4 amide bonds. The zero-order valence-electron chi connectivity index (χ0n) is 19.8. The van der Waals surface area contributed by atoms with Crippen LogP contribution in [0.2, 0.25) is 0 Å². The highest BCUT2D eigenvalue weighted by Gasteiger charge is 2.33. The van der Waals surface area contributed by atoms with E-state index in [1.165, 1.54) is 18.2 Å². The number of para-hydroxylation sites is 1. The van der Waals surface area contributed by atoms with Crippen LogP contribution in [0, 0.1) is 5.82 Å². The molecule has 0 aliphatic carbocycles. The molecule has 1 aliphatic heterocycles. The van der Waals surface area contributed by atoms with Crippen molar-refractivity contribution in [2.75, 3.05) is 25.0 Å². The molecule has 1 saturated heterocycles. The van der Waals surface area contributed by atoms with Crippen LogP contribution in [0.3, 0.4) is 0 Å². The van der Waals surface area contributed by atoms with Crippen LogP contribution in [0.5, 0.6) is 0 Å². The quantitative estimate of drug-likeness (QED) is 0.618. The number of unbranched alkanes of at least 4 members (excludes halogenated alkanes) is 1. The highest BCUT2D eigenvalue weighted by molar-refractivity contribution is 5.94. The number of anilines is 1. The van der Waals surface area contributed by atoms with Gasteiger partial charge in [-0.1, -0.05) is 55.8 Å². The van der Waals surface area contributed by atoms with Crippen molar-refractivity contribution in [1.82, 2.24) is 15.1 Å². The molecule has 7 nitrogen and oxygen atoms in total. The Hall–Kier alpha value is -3.42. The second-order valence-electron chi connectivity index (χ2n) is 8.64. The van der Waals surface area contributed by atoms with E-state index in [0.717, 1.165) is 18.4 Å². The lowest BCUT2D eigenvalue weighted by Crippen LogP contribution is -2.59. The largest absolute Gasteiger partial charge is 0.337 e. The summed E-state index contributed by atoms with van der Waals surface area (Å²) in [6.45, 7) is 5.26. The van der Waals surface area contributed by atoms with E-state index >= 15 is 0 Å². The van der Waals surface area contributed by atoms with Gasteiger partial charge in [-0.25, -0.2) is 9.18 Å². The van der Waals surface area contributed by atoms with Crippen LogP contribution < -0.4 is 10.6 Å². The van der Waals surface area contributed by atoms with Crippen molar-refractivity contribution >= 4 is 23.5 Å². The third kappa shape index (κ3) is 6.79. The maximum Gasteiger partial charge on any atom is 0.319 e. The minimum absolute atomic E-state index is 0.0405. The number of urea groups is 1. The zero-order chi connectivity index (χ0) is 24.5. The van der Waals surface area contributed by atoms with Crippen molar-refractivity contribution in [3.05, 3.63) is 66.0 Å². The van der Waals surface area contributed by atoms with Gasteiger partial charge in [-0.15, -0.1) is 0 Å². The predicted molar refractivity (Wildman–Crippen MR) is 130 cm³/mol. The number of carbonyl (C=O) groups is 3. The van der Waals surface area contributed by atoms with Gasteiger partial charge in [-0.05, 0) is 31.0 Å². The van der Waals surface area contributed by atoms with Crippen molar-refractivity contribution in [3.63, 3.8) is 0 Å². The van der Waals surface area contributed by atoms with Gasteiger partial charge in [0.15, 0.2) is 0 Å². The Morgan fingerprint density at radius 3 is 2.44 bits per heavy atom. The van der Waals surface area contributed by atoms with E-state index in [9.17, 15) is 18.8 Å². The molecule has 0 bridgehead atoms. The third-order valence-corrected chi connectivity index (χ3v) is 6.01. The van der Waals surface area contributed by atoms with E-state index in [0.29, 0.717) is 32.5 Å². The molecule has 2 N–H and O–H groups in total. The Bertz CT molecular complexity index is 985. The van der Waals surface area contributed by atoms with Gasteiger partial charge in [-0.3, -0.25) is 9.59 Å². The SMILES string of the molecule is CCCCC(=O)N1CCN(C(=O)C(Cc2ccccc2)NC(=O)Nc2ccccc2F)CC1C. The van der Waals surface area contributed by atoms with Crippen LogP contribution in [-0.4, -0.2) is 59.4 Å². The van der Waals surface area contributed by atoms with E-state index in [-0.39, 0.29) is 23.5 Å². The molecule has 34 heavy (non-hydrogen) atoms. The fourth-order valence-corrected chi connectivity index (χ4v) is 4.15. The first-order valence-electron chi connectivity index (χ1n) is 11.8. The van der Waals surface area contributed by atoms with Gasteiger partial charge in [0, 0.05) is 38.5 Å². The molecule has 0 radical (unpaired) electrons. The lowest BCUT2D eigenvalue weighted by atomic mass is 10.0. The molecule has 0 spiro atoms. The highest BCUT2D eigenvalue weighted by atomic mass is 19.1. The summed E-state index contributed by atoms with van der Waals surface area (Å²) in [6.07, 6.45) is 2.63. The molecule has 182 valence electrons. The molecule has 3 rings (SSSR count). The van der Waals surface area contributed by atoms with E-state index in [1.807, 2.05) is 42.2 Å². The number of piperazine rings is 1. The molecule has 1 fully saturated rings. The Labute approximate surface area is 200 Å². The van der Waals surface area contributed by atoms with E-state index in [4.69, 9.17) is 0 Å². The fourth-order valence-electron chi connectivity index (χ4n) is 4.15. The van der Waals surface area contributed by atoms with Crippen LogP contribution in [0.15, 0.2) is 54.6 Å². The summed E-state index contributed by atoms with van der Waals surface area (Å²) >= 11 is 0. The van der Waals surface area contributed by atoms with Crippen molar-refractivity contribution in [2.24, 2.45) is 0 Å². The number of benzene rings is 2. The summed E-state index contributed by atoms with van der Waals surface area (Å²) in [6, 6.07) is 13.7. The van der Waals surface area contributed by atoms with Gasteiger partial charge in [0.1, 0.15) is 11.9 Å². The first kappa shape index (κ1) is 25.2. The molecule has 0 aromatic heterocycles. The van der Waals surface area contributed by atoms with Crippen molar-refractivity contribution in [1.29, 1.82) is 0 Å². The predicted octanol–water partition coefficient (Wildman–Crippen LogP) is 3.81. The van der Waals surface area contributed by atoms with Crippen LogP contribution in [0.4, 0.5) is 14.9 Å². The summed E-state index contributed by atoms with van der Waals surface area (Å²) in [5.74, 6) is -0.661. The van der Waals surface area contributed by atoms with Crippen molar-refractivity contribution < 1.29 is 18.8 Å². The third-order valence-electron chi connectivity index (χ3n) is 6.01. The van der Waals surface area contributed by atoms with Gasteiger partial charge in [-0.2, -0.15) is 0 Å². The van der Waals surface area contributed by atoms with Crippen LogP contribution in [0.1, 0.15) is 38.7 Å². The number of halogens is 1.